The Hall–Kier alpha value is -2.89. The van der Waals surface area contributed by atoms with Crippen LogP contribution in [0.4, 0.5) is 0 Å². The van der Waals surface area contributed by atoms with Crippen LogP contribution in [0.3, 0.4) is 0 Å². The van der Waals surface area contributed by atoms with Crippen LogP contribution in [0.2, 0.25) is 0 Å². The van der Waals surface area contributed by atoms with Crippen molar-refractivity contribution in [1.82, 2.24) is 19.7 Å². The van der Waals surface area contributed by atoms with Crippen LogP contribution in [0.1, 0.15) is 78.5 Å². The second-order valence-electron chi connectivity index (χ2n) is 8.07. The zero-order valence-corrected chi connectivity index (χ0v) is 17.3. The minimum absolute atomic E-state index is 0.000547. The SMILES string of the molecule is CC(C)c1cc(C(=O)N2CCCC[C@@H]2c2ncc(Cc3ccccc3)o2)n(C)n1. The fourth-order valence-corrected chi connectivity index (χ4v) is 3.91. The summed E-state index contributed by atoms with van der Waals surface area (Å²) >= 11 is 0. The standard InChI is InChI=1S/C23H28N4O2/c1-16(2)19-14-21(26(3)25-19)23(28)27-12-8-7-11-20(27)22-24-15-18(29-22)13-17-9-5-4-6-10-17/h4-6,9-10,14-16,20H,7-8,11-13H2,1-3H3/t20-/m1/s1. The van der Waals surface area contributed by atoms with Crippen molar-refractivity contribution < 1.29 is 9.21 Å². The van der Waals surface area contributed by atoms with E-state index in [1.54, 1.807) is 10.9 Å². The van der Waals surface area contributed by atoms with Gasteiger partial charge in [-0.15, -0.1) is 0 Å². The summed E-state index contributed by atoms with van der Waals surface area (Å²) in [6.45, 7) is 4.88. The van der Waals surface area contributed by atoms with Crippen LogP contribution >= 0.6 is 0 Å². The van der Waals surface area contributed by atoms with Crippen molar-refractivity contribution in [3.8, 4) is 0 Å². The van der Waals surface area contributed by atoms with E-state index < -0.39 is 0 Å². The number of piperidine rings is 1. The lowest BCUT2D eigenvalue weighted by Gasteiger charge is -2.33. The quantitative estimate of drug-likeness (QED) is 0.642. The summed E-state index contributed by atoms with van der Waals surface area (Å²) in [5.74, 6) is 1.74. The Labute approximate surface area is 171 Å². The van der Waals surface area contributed by atoms with E-state index >= 15 is 0 Å². The first-order chi connectivity index (χ1) is 14.0. The number of benzene rings is 1. The average molecular weight is 393 g/mol. The molecule has 1 amide bonds. The first-order valence-electron chi connectivity index (χ1n) is 10.4. The number of oxazole rings is 1. The largest absolute Gasteiger partial charge is 0.443 e. The van der Waals surface area contributed by atoms with E-state index in [1.807, 2.05) is 36.2 Å². The monoisotopic (exact) mass is 392 g/mol. The lowest BCUT2D eigenvalue weighted by molar-refractivity contribution is 0.0558. The predicted molar refractivity (Wildman–Crippen MR) is 111 cm³/mol. The smallest absolute Gasteiger partial charge is 0.272 e. The number of likely N-dealkylation sites (tertiary alicyclic amines) is 1. The van der Waals surface area contributed by atoms with E-state index in [9.17, 15) is 4.79 Å². The number of nitrogens with zero attached hydrogens (tertiary/aromatic N) is 4. The van der Waals surface area contributed by atoms with Crippen molar-refractivity contribution in [3.05, 3.63) is 71.2 Å². The average Bonchev–Trinajstić information content (AvgIpc) is 3.35. The molecule has 1 aliphatic rings. The Balaban J connectivity index is 1.56. The molecule has 2 aromatic heterocycles. The lowest BCUT2D eigenvalue weighted by Crippen LogP contribution is -2.39. The van der Waals surface area contributed by atoms with Crippen LogP contribution in [0.5, 0.6) is 0 Å². The third kappa shape index (κ3) is 4.11. The summed E-state index contributed by atoms with van der Waals surface area (Å²) in [6, 6.07) is 12.0. The third-order valence-corrected chi connectivity index (χ3v) is 5.55. The van der Waals surface area contributed by atoms with Crippen molar-refractivity contribution in [1.29, 1.82) is 0 Å². The number of hydrogen-bond acceptors (Lipinski definition) is 4. The topological polar surface area (TPSA) is 64.2 Å². The van der Waals surface area contributed by atoms with Gasteiger partial charge in [0, 0.05) is 20.0 Å². The number of carbonyl (C=O) groups is 1. The number of aromatic nitrogens is 3. The molecule has 0 bridgehead atoms. The molecule has 0 spiro atoms. The fraction of sp³-hybridized carbons (Fsp3) is 0.435. The Morgan fingerprint density at radius 1 is 1.24 bits per heavy atom. The van der Waals surface area contributed by atoms with Crippen molar-refractivity contribution >= 4 is 5.91 Å². The van der Waals surface area contributed by atoms with Crippen LogP contribution in [-0.2, 0) is 13.5 Å². The second kappa shape index (κ2) is 8.23. The maximum Gasteiger partial charge on any atom is 0.272 e. The van der Waals surface area contributed by atoms with Gasteiger partial charge >= 0.3 is 0 Å². The van der Waals surface area contributed by atoms with Crippen molar-refractivity contribution in [3.63, 3.8) is 0 Å². The molecule has 3 heterocycles. The first kappa shape index (κ1) is 19.4. The van der Waals surface area contributed by atoms with E-state index in [2.05, 4.69) is 36.1 Å². The molecule has 1 aromatic carbocycles. The number of carbonyl (C=O) groups excluding carboxylic acids is 1. The van der Waals surface area contributed by atoms with E-state index in [0.717, 1.165) is 30.7 Å². The molecule has 0 aliphatic carbocycles. The van der Waals surface area contributed by atoms with Crippen LogP contribution in [0.25, 0.3) is 0 Å². The molecule has 1 fully saturated rings. The number of aryl methyl sites for hydroxylation is 1. The molecule has 29 heavy (non-hydrogen) atoms. The van der Waals surface area contributed by atoms with E-state index in [0.29, 0.717) is 24.6 Å². The van der Waals surface area contributed by atoms with Crippen LogP contribution < -0.4 is 0 Å². The Bertz CT molecular complexity index is 974. The fourth-order valence-electron chi connectivity index (χ4n) is 3.91. The van der Waals surface area contributed by atoms with E-state index in [1.165, 1.54) is 5.56 Å². The van der Waals surface area contributed by atoms with Gasteiger partial charge in [-0.05, 0) is 36.8 Å². The van der Waals surface area contributed by atoms with Gasteiger partial charge in [0.1, 0.15) is 17.5 Å². The highest BCUT2D eigenvalue weighted by Crippen LogP contribution is 2.32. The van der Waals surface area contributed by atoms with Crippen LogP contribution in [-0.4, -0.2) is 32.1 Å². The normalized spacial score (nSPS) is 17.1. The zero-order chi connectivity index (χ0) is 20.4. The number of amides is 1. The summed E-state index contributed by atoms with van der Waals surface area (Å²) in [5.41, 5.74) is 2.74. The Morgan fingerprint density at radius 2 is 2.03 bits per heavy atom. The van der Waals surface area contributed by atoms with Gasteiger partial charge < -0.3 is 9.32 Å². The molecule has 0 radical (unpaired) electrons. The Kier molecular flexibility index (Phi) is 5.51. The molecule has 6 heteroatoms. The number of hydrogen-bond donors (Lipinski definition) is 0. The van der Waals surface area contributed by atoms with Gasteiger partial charge in [0.05, 0.1) is 11.9 Å². The van der Waals surface area contributed by atoms with Gasteiger partial charge in [0.15, 0.2) is 0 Å². The van der Waals surface area contributed by atoms with Gasteiger partial charge in [-0.25, -0.2) is 4.98 Å². The molecule has 1 atom stereocenters. The van der Waals surface area contributed by atoms with Gasteiger partial charge in [-0.2, -0.15) is 5.10 Å². The van der Waals surface area contributed by atoms with Crippen molar-refractivity contribution in [2.75, 3.05) is 6.54 Å². The molecule has 0 N–H and O–H groups in total. The van der Waals surface area contributed by atoms with Gasteiger partial charge in [-0.1, -0.05) is 44.2 Å². The Morgan fingerprint density at radius 3 is 2.76 bits per heavy atom. The highest BCUT2D eigenvalue weighted by atomic mass is 16.4. The molecular formula is C23H28N4O2. The molecule has 4 rings (SSSR count). The van der Waals surface area contributed by atoms with Gasteiger partial charge in [-0.3, -0.25) is 9.48 Å². The molecule has 1 saturated heterocycles. The maximum atomic E-state index is 13.3. The van der Waals surface area contributed by atoms with E-state index in [-0.39, 0.29) is 17.9 Å². The van der Waals surface area contributed by atoms with Gasteiger partial charge in [0.2, 0.25) is 5.89 Å². The summed E-state index contributed by atoms with van der Waals surface area (Å²) in [7, 11) is 1.83. The van der Waals surface area contributed by atoms with Crippen molar-refractivity contribution in [2.45, 2.75) is 51.5 Å². The zero-order valence-electron chi connectivity index (χ0n) is 17.3. The molecule has 6 nitrogen and oxygen atoms in total. The molecule has 0 unspecified atom stereocenters. The van der Waals surface area contributed by atoms with Gasteiger partial charge in [0.25, 0.3) is 5.91 Å². The molecule has 152 valence electrons. The highest BCUT2D eigenvalue weighted by molar-refractivity contribution is 5.93. The summed E-state index contributed by atoms with van der Waals surface area (Å²) < 4.78 is 7.78. The molecule has 0 saturated carbocycles. The van der Waals surface area contributed by atoms with Crippen LogP contribution in [0.15, 0.2) is 47.0 Å². The van der Waals surface area contributed by atoms with E-state index in [4.69, 9.17) is 4.42 Å². The summed E-state index contributed by atoms with van der Waals surface area (Å²) in [4.78, 5) is 19.8. The highest BCUT2D eigenvalue weighted by Gasteiger charge is 2.33. The molecular weight excluding hydrogens is 364 g/mol. The summed E-state index contributed by atoms with van der Waals surface area (Å²) in [5, 5.41) is 4.50. The number of rotatable bonds is 5. The third-order valence-electron chi connectivity index (χ3n) is 5.55. The summed E-state index contributed by atoms with van der Waals surface area (Å²) in [6.07, 6.45) is 5.42. The maximum absolute atomic E-state index is 13.3. The second-order valence-corrected chi connectivity index (χ2v) is 8.07. The minimum atomic E-state index is -0.127. The molecule has 3 aromatic rings. The lowest BCUT2D eigenvalue weighted by atomic mass is 10.0. The first-order valence-corrected chi connectivity index (χ1v) is 10.4. The predicted octanol–water partition coefficient (Wildman–Crippen LogP) is 4.49. The minimum Gasteiger partial charge on any atom is -0.443 e. The van der Waals surface area contributed by atoms with Crippen molar-refractivity contribution in [2.24, 2.45) is 7.05 Å². The van der Waals surface area contributed by atoms with Crippen LogP contribution in [0, 0.1) is 0 Å². The molecule has 1 aliphatic heterocycles.